The first kappa shape index (κ1) is 17.2. The molecule has 0 saturated heterocycles. The fraction of sp³-hybridized carbons (Fsp3) is 0.105. The van der Waals surface area contributed by atoms with Crippen molar-refractivity contribution < 1.29 is 18.4 Å². The molecule has 4 rings (SSSR count). The van der Waals surface area contributed by atoms with Crippen molar-refractivity contribution in [3.63, 3.8) is 0 Å². The fourth-order valence-corrected chi connectivity index (χ4v) is 3.39. The maximum Gasteiger partial charge on any atom is 0.373 e. The number of furan rings is 2. The van der Waals surface area contributed by atoms with Gasteiger partial charge < -0.3 is 13.6 Å². The highest BCUT2D eigenvalue weighted by molar-refractivity contribution is 7.98. The molecule has 0 aliphatic rings. The minimum absolute atomic E-state index is 0.175. The van der Waals surface area contributed by atoms with E-state index >= 15 is 0 Å². The van der Waals surface area contributed by atoms with E-state index < -0.39 is 5.97 Å². The zero-order valence-electron chi connectivity index (χ0n) is 14.4. The Morgan fingerprint density at radius 1 is 1.11 bits per heavy atom. The second-order valence-corrected chi connectivity index (χ2v) is 6.44. The summed E-state index contributed by atoms with van der Waals surface area (Å²) >= 11 is 1.45. The van der Waals surface area contributed by atoms with E-state index in [4.69, 9.17) is 8.83 Å². The maximum absolute atomic E-state index is 11.5. The van der Waals surface area contributed by atoms with Crippen LogP contribution >= 0.6 is 11.8 Å². The van der Waals surface area contributed by atoms with Crippen LogP contribution in [0.15, 0.2) is 74.9 Å². The first-order chi connectivity index (χ1) is 13.3. The molecule has 0 aliphatic heterocycles. The molecule has 3 aromatic heterocycles. The van der Waals surface area contributed by atoms with Gasteiger partial charge in [-0.15, -0.1) is 10.2 Å². The van der Waals surface area contributed by atoms with E-state index in [1.165, 1.54) is 18.9 Å². The molecular formula is C19H15N3O4S. The molecule has 27 heavy (non-hydrogen) atoms. The Hall–Kier alpha value is -3.26. The van der Waals surface area contributed by atoms with Gasteiger partial charge in [0.05, 0.1) is 19.1 Å². The van der Waals surface area contributed by atoms with E-state index in [0.29, 0.717) is 28.3 Å². The van der Waals surface area contributed by atoms with Gasteiger partial charge in [0, 0.05) is 5.69 Å². The van der Waals surface area contributed by atoms with Gasteiger partial charge in [-0.25, -0.2) is 4.79 Å². The van der Waals surface area contributed by atoms with Gasteiger partial charge in [0.25, 0.3) is 0 Å². The third-order valence-electron chi connectivity index (χ3n) is 3.78. The van der Waals surface area contributed by atoms with Crippen molar-refractivity contribution in [3.8, 4) is 17.3 Å². The summed E-state index contributed by atoms with van der Waals surface area (Å²) in [6.45, 7) is 0. The van der Waals surface area contributed by atoms with Crippen LogP contribution in [0.3, 0.4) is 0 Å². The Bertz CT molecular complexity index is 1040. The molecule has 0 atom stereocenters. The second kappa shape index (κ2) is 7.55. The highest BCUT2D eigenvalue weighted by Gasteiger charge is 2.19. The summed E-state index contributed by atoms with van der Waals surface area (Å²) in [5.41, 5.74) is 0.922. The number of para-hydroxylation sites is 1. The molecule has 0 aliphatic carbocycles. The number of hydrogen-bond donors (Lipinski definition) is 0. The van der Waals surface area contributed by atoms with Gasteiger partial charge in [0.15, 0.2) is 10.9 Å². The molecule has 4 aromatic rings. The predicted octanol–water partition coefficient (Wildman–Crippen LogP) is 4.20. The summed E-state index contributed by atoms with van der Waals surface area (Å²) in [4.78, 5) is 11.5. The van der Waals surface area contributed by atoms with Crippen LogP contribution in [0.2, 0.25) is 0 Å². The number of nitrogens with zero attached hydrogens (tertiary/aromatic N) is 3. The van der Waals surface area contributed by atoms with Crippen LogP contribution < -0.4 is 0 Å². The van der Waals surface area contributed by atoms with Crippen molar-refractivity contribution in [2.45, 2.75) is 10.9 Å². The summed E-state index contributed by atoms with van der Waals surface area (Å²) in [6.07, 6.45) is 1.60. The van der Waals surface area contributed by atoms with Crippen molar-refractivity contribution in [2.24, 2.45) is 0 Å². The second-order valence-electron chi connectivity index (χ2n) is 5.50. The summed E-state index contributed by atoms with van der Waals surface area (Å²) < 4.78 is 17.6. The van der Waals surface area contributed by atoms with E-state index in [1.807, 2.05) is 47.0 Å². The minimum Gasteiger partial charge on any atom is -0.463 e. The molecule has 1 aromatic carbocycles. The molecule has 0 radical (unpaired) electrons. The quantitative estimate of drug-likeness (QED) is 0.366. The Labute approximate surface area is 159 Å². The van der Waals surface area contributed by atoms with Gasteiger partial charge >= 0.3 is 5.97 Å². The van der Waals surface area contributed by atoms with Crippen LogP contribution in [0.25, 0.3) is 17.3 Å². The van der Waals surface area contributed by atoms with Crippen LogP contribution in [0.1, 0.15) is 16.3 Å². The number of benzene rings is 1. The molecule has 0 saturated carbocycles. The van der Waals surface area contributed by atoms with Crippen molar-refractivity contribution >= 4 is 17.7 Å². The highest BCUT2D eigenvalue weighted by Crippen LogP contribution is 2.30. The molecule has 0 fully saturated rings. The summed E-state index contributed by atoms with van der Waals surface area (Å²) in [5.74, 6) is 2.04. The number of aromatic nitrogens is 3. The third kappa shape index (κ3) is 3.52. The lowest BCUT2D eigenvalue weighted by Crippen LogP contribution is -1.99. The maximum atomic E-state index is 11.5. The van der Waals surface area contributed by atoms with Gasteiger partial charge in [-0.05, 0) is 36.4 Å². The lowest BCUT2D eigenvalue weighted by atomic mass is 10.3. The minimum atomic E-state index is -0.501. The summed E-state index contributed by atoms with van der Waals surface area (Å²) in [6, 6.07) is 16.8. The van der Waals surface area contributed by atoms with Gasteiger partial charge in [-0.1, -0.05) is 30.0 Å². The van der Waals surface area contributed by atoms with Crippen LogP contribution in [-0.2, 0) is 10.5 Å². The monoisotopic (exact) mass is 381 g/mol. The largest absolute Gasteiger partial charge is 0.463 e. The number of rotatable bonds is 6. The number of methoxy groups -OCH3 is 1. The van der Waals surface area contributed by atoms with E-state index in [0.717, 1.165) is 5.69 Å². The molecule has 0 amide bonds. The first-order valence-electron chi connectivity index (χ1n) is 8.11. The average molecular weight is 381 g/mol. The molecule has 0 spiro atoms. The van der Waals surface area contributed by atoms with Gasteiger partial charge in [0.1, 0.15) is 5.76 Å². The molecule has 0 N–H and O–H groups in total. The van der Waals surface area contributed by atoms with Crippen molar-refractivity contribution in [2.75, 3.05) is 7.11 Å². The normalized spacial score (nSPS) is 10.9. The zero-order valence-corrected chi connectivity index (χ0v) is 15.2. The Balaban J connectivity index is 1.63. The molecular weight excluding hydrogens is 366 g/mol. The number of carbonyl (C=O) groups excluding carboxylic acids is 1. The molecule has 7 nitrogen and oxygen atoms in total. The van der Waals surface area contributed by atoms with Crippen molar-refractivity contribution in [1.29, 1.82) is 0 Å². The van der Waals surface area contributed by atoms with Crippen molar-refractivity contribution in [1.82, 2.24) is 14.8 Å². The molecule has 136 valence electrons. The lowest BCUT2D eigenvalue weighted by molar-refractivity contribution is 0.0563. The number of thioether (sulfide) groups is 1. The van der Waals surface area contributed by atoms with Gasteiger partial charge in [-0.2, -0.15) is 0 Å². The summed E-state index contributed by atoms with van der Waals surface area (Å²) in [5, 5.41) is 9.28. The van der Waals surface area contributed by atoms with Crippen LogP contribution in [0.5, 0.6) is 0 Å². The summed E-state index contributed by atoms with van der Waals surface area (Å²) in [7, 11) is 1.32. The SMILES string of the molecule is COC(=O)c1ccc(CSc2nnc(-c3ccco3)n2-c2ccccc2)o1. The van der Waals surface area contributed by atoms with Crippen LogP contribution in [-0.4, -0.2) is 27.8 Å². The molecule has 8 heteroatoms. The molecule has 3 heterocycles. The Morgan fingerprint density at radius 3 is 2.70 bits per heavy atom. The van der Waals surface area contributed by atoms with E-state index in [2.05, 4.69) is 14.9 Å². The Morgan fingerprint density at radius 2 is 1.96 bits per heavy atom. The number of hydrogen-bond acceptors (Lipinski definition) is 7. The fourth-order valence-electron chi connectivity index (χ4n) is 2.54. The molecule has 0 bridgehead atoms. The number of ether oxygens (including phenoxy) is 1. The lowest BCUT2D eigenvalue weighted by Gasteiger charge is -2.08. The van der Waals surface area contributed by atoms with E-state index in [9.17, 15) is 4.79 Å². The topological polar surface area (TPSA) is 83.3 Å². The first-order valence-corrected chi connectivity index (χ1v) is 9.09. The van der Waals surface area contributed by atoms with E-state index in [1.54, 1.807) is 18.4 Å². The van der Waals surface area contributed by atoms with Crippen LogP contribution in [0.4, 0.5) is 0 Å². The molecule has 0 unspecified atom stereocenters. The number of carbonyl (C=O) groups is 1. The standard InChI is InChI=1S/C19H15N3O4S/c1-24-18(23)16-10-9-14(26-16)12-27-19-21-20-17(15-8-5-11-25-15)22(19)13-6-3-2-4-7-13/h2-11H,12H2,1H3. The zero-order chi connectivity index (χ0) is 18.6. The smallest absolute Gasteiger partial charge is 0.373 e. The third-order valence-corrected chi connectivity index (χ3v) is 4.73. The van der Waals surface area contributed by atoms with Gasteiger partial charge in [-0.3, -0.25) is 4.57 Å². The highest BCUT2D eigenvalue weighted by atomic mass is 32.2. The van der Waals surface area contributed by atoms with E-state index in [-0.39, 0.29) is 5.76 Å². The predicted molar refractivity (Wildman–Crippen MR) is 98.7 cm³/mol. The number of esters is 1. The van der Waals surface area contributed by atoms with Crippen molar-refractivity contribution in [3.05, 3.63) is 72.4 Å². The average Bonchev–Trinajstić information content (AvgIpc) is 3.46. The van der Waals surface area contributed by atoms with Crippen LogP contribution in [0, 0.1) is 0 Å². The Kier molecular flexibility index (Phi) is 4.80. The van der Waals surface area contributed by atoms with Gasteiger partial charge in [0.2, 0.25) is 11.6 Å².